The number of carbonyl (C=O) groups is 1. The van der Waals surface area contributed by atoms with Gasteiger partial charge in [-0.1, -0.05) is 13.0 Å². The third kappa shape index (κ3) is 5.51. The Hall–Kier alpha value is -1.07. The van der Waals surface area contributed by atoms with E-state index in [-0.39, 0.29) is 5.97 Å². The molecule has 0 atom stereocenters. The molecule has 0 heterocycles. The van der Waals surface area contributed by atoms with Gasteiger partial charge in [0.25, 0.3) is 0 Å². The first-order chi connectivity index (χ1) is 9.60. The Balaban J connectivity index is 2.69. The van der Waals surface area contributed by atoms with Gasteiger partial charge in [0.2, 0.25) is 0 Å². The van der Waals surface area contributed by atoms with E-state index in [9.17, 15) is 4.79 Å². The fourth-order valence-electron chi connectivity index (χ4n) is 1.99. The molecule has 0 aromatic heterocycles. The van der Waals surface area contributed by atoms with Gasteiger partial charge in [0.15, 0.2) is 0 Å². The van der Waals surface area contributed by atoms with Crippen molar-refractivity contribution in [3.8, 4) is 5.75 Å². The SMILES string of the molecule is CCCN(CC(=O)OCC)Cc1ccc(OC)c(Br)c1. The van der Waals surface area contributed by atoms with Crippen molar-refractivity contribution in [3.63, 3.8) is 0 Å². The van der Waals surface area contributed by atoms with Crippen LogP contribution in [0.1, 0.15) is 25.8 Å². The van der Waals surface area contributed by atoms with Gasteiger partial charge in [-0.2, -0.15) is 0 Å². The van der Waals surface area contributed by atoms with Gasteiger partial charge in [-0.3, -0.25) is 9.69 Å². The van der Waals surface area contributed by atoms with Crippen LogP contribution >= 0.6 is 15.9 Å². The van der Waals surface area contributed by atoms with Gasteiger partial charge in [-0.15, -0.1) is 0 Å². The van der Waals surface area contributed by atoms with E-state index in [1.165, 1.54) is 0 Å². The number of hydrogen-bond acceptors (Lipinski definition) is 4. The molecule has 112 valence electrons. The number of ether oxygens (including phenoxy) is 2. The molecule has 0 amide bonds. The first-order valence-electron chi connectivity index (χ1n) is 6.81. The average molecular weight is 344 g/mol. The quantitative estimate of drug-likeness (QED) is 0.679. The van der Waals surface area contributed by atoms with Crippen LogP contribution < -0.4 is 4.74 Å². The Morgan fingerprint density at radius 3 is 2.65 bits per heavy atom. The predicted octanol–water partition coefficient (Wildman–Crippen LogP) is 3.23. The van der Waals surface area contributed by atoms with Gasteiger partial charge in [0.1, 0.15) is 5.75 Å². The highest BCUT2D eigenvalue weighted by molar-refractivity contribution is 9.10. The van der Waals surface area contributed by atoms with E-state index in [2.05, 4.69) is 27.8 Å². The van der Waals surface area contributed by atoms with E-state index in [1.807, 2.05) is 25.1 Å². The maximum Gasteiger partial charge on any atom is 0.320 e. The molecule has 20 heavy (non-hydrogen) atoms. The lowest BCUT2D eigenvalue weighted by molar-refractivity contribution is -0.144. The summed E-state index contributed by atoms with van der Waals surface area (Å²) in [5, 5.41) is 0. The molecule has 0 spiro atoms. The molecule has 1 aromatic carbocycles. The van der Waals surface area contributed by atoms with Crippen molar-refractivity contribution in [1.29, 1.82) is 0 Å². The Morgan fingerprint density at radius 1 is 1.35 bits per heavy atom. The Bertz CT molecular complexity index is 437. The van der Waals surface area contributed by atoms with Gasteiger partial charge in [-0.25, -0.2) is 0 Å². The first kappa shape index (κ1) is 17.0. The van der Waals surface area contributed by atoms with Gasteiger partial charge in [0.05, 0.1) is 24.7 Å². The summed E-state index contributed by atoms with van der Waals surface area (Å²) >= 11 is 3.48. The number of esters is 1. The summed E-state index contributed by atoms with van der Waals surface area (Å²) in [7, 11) is 1.64. The topological polar surface area (TPSA) is 38.8 Å². The minimum absolute atomic E-state index is 0.173. The van der Waals surface area contributed by atoms with Crippen LogP contribution in [0, 0.1) is 0 Å². The number of nitrogens with zero attached hydrogens (tertiary/aromatic N) is 1. The van der Waals surface area contributed by atoms with Crippen LogP contribution in [-0.4, -0.2) is 37.7 Å². The molecule has 0 radical (unpaired) electrons. The van der Waals surface area contributed by atoms with Crippen molar-refractivity contribution in [3.05, 3.63) is 28.2 Å². The zero-order valence-corrected chi connectivity index (χ0v) is 13.9. The Morgan fingerprint density at radius 2 is 2.10 bits per heavy atom. The van der Waals surface area contributed by atoms with E-state index in [4.69, 9.17) is 9.47 Å². The highest BCUT2D eigenvalue weighted by atomic mass is 79.9. The lowest BCUT2D eigenvalue weighted by Gasteiger charge is -2.21. The minimum Gasteiger partial charge on any atom is -0.496 e. The molecule has 0 aliphatic carbocycles. The standard InChI is InChI=1S/C15H22BrNO3/c1-4-8-17(11-15(18)20-5-2)10-12-6-7-14(19-3)13(16)9-12/h6-7,9H,4-5,8,10-11H2,1-3H3. The molecule has 0 N–H and O–H groups in total. The third-order valence-corrected chi connectivity index (χ3v) is 3.44. The molecule has 0 aliphatic heterocycles. The summed E-state index contributed by atoms with van der Waals surface area (Å²) in [4.78, 5) is 13.7. The second kappa shape index (κ2) is 8.97. The maximum absolute atomic E-state index is 11.6. The molecule has 0 fully saturated rings. The predicted molar refractivity (Wildman–Crippen MR) is 82.9 cm³/mol. The molecule has 0 unspecified atom stereocenters. The van der Waals surface area contributed by atoms with Crippen LogP contribution in [0.2, 0.25) is 0 Å². The molecular formula is C15H22BrNO3. The maximum atomic E-state index is 11.6. The van der Waals surface area contributed by atoms with Crippen LogP contribution in [0.25, 0.3) is 0 Å². The van der Waals surface area contributed by atoms with Crippen LogP contribution in [0.4, 0.5) is 0 Å². The largest absolute Gasteiger partial charge is 0.496 e. The number of hydrogen-bond donors (Lipinski definition) is 0. The molecule has 0 saturated carbocycles. The monoisotopic (exact) mass is 343 g/mol. The van der Waals surface area contributed by atoms with Crippen LogP contribution in [0.5, 0.6) is 5.75 Å². The van der Waals surface area contributed by atoms with E-state index in [0.717, 1.165) is 35.3 Å². The number of benzene rings is 1. The second-order valence-corrected chi connectivity index (χ2v) is 5.34. The van der Waals surface area contributed by atoms with Gasteiger partial charge in [-0.05, 0) is 53.5 Å². The number of halogens is 1. The van der Waals surface area contributed by atoms with Crippen LogP contribution in [0.3, 0.4) is 0 Å². The summed E-state index contributed by atoms with van der Waals surface area (Å²) in [6.45, 7) is 6.25. The molecule has 0 bridgehead atoms. The van der Waals surface area contributed by atoms with Gasteiger partial charge in [0, 0.05) is 6.54 Å². The molecule has 0 saturated heterocycles. The molecular weight excluding hydrogens is 322 g/mol. The van der Waals surface area contributed by atoms with Crippen molar-refractivity contribution in [2.24, 2.45) is 0 Å². The Kier molecular flexibility index (Phi) is 7.62. The number of methoxy groups -OCH3 is 1. The lowest BCUT2D eigenvalue weighted by Crippen LogP contribution is -2.31. The summed E-state index contributed by atoms with van der Waals surface area (Å²) in [6, 6.07) is 5.96. The van der Waals surface area contributed by atoms with E-state index in [0.29, 0.717) is 13.2 Å². The second-order valence-electron chi connectivity index (χ2n) is 4.48. The lowest BCUT2D eigenvalue weighted by atomic mass is 10.2. The van der Waals surface area contributed by atoms with E-state index < -0.39 is 0 Å². The molecule has 0 aliphatic rings. The van der Waals surface area contributed by atoms with E-state index in [1.54, 1.807) is 7.11 Å². The molecule has 5 heteroatoms. The fourth-order valence-corrected chi connectivity index (χ4v) is 2.57. The normalized spacial score (nSPS) is 10.7. The molecule has 4 nitrogen and oxygen atoms in total. The van der Waals surface area contributed by atoms with Crippen molar-refractivity contribution in [2.75, 3.05) is 26.8 Å². The summed E-state index contributed by atoms with van der Waals surface area (Å²) in [5.41, 5.74) is 1.13. The fraction of sp³-hybridized carbons (Fsp3) is 0.533. The summed E-state index contributed by atoms with van der Waals surface area (Å²) in [6.07, 6.45) is 0.997. The first-order valence-corrected chi connectivity index (χ1v) is 7.60. The number of carbonyl (C=O) groups excluding carboxylic acids is 1. The Labute approximate surface area is 129 Å². The van der Waals surface area contributed by atoms with Crippen LogP contribution in [-0.2, 0) is 16.1 Å². The molecule has 1 rings (SSSR count). The van der Waals surface area contributed by atoms with Crippen molar-refractivity contribution < 1.29 is 14.3 Å². The smallest absolute Gasteiger partial charge is 0.320 e. The third-order valence-electron chi connectivity index (χ3n) is 2.82. The highest BCUT2D eigenvalue weighted by Crippen LogP contribution is 2.26. The van der Waals surface area contributed by atoms with Crippen LogP contribution in [0.15, 0.2) is 22.7 Å². The highest BCUT2D eigenvalue weighted by Gasteiger charge is 2.12. The summed E-state index contributed by atoms with van der Waals surface area (Å²) < 4.78 is 11.1. The average Bonchev–Trinajstić information content (AvgIpc) is 2.39. The van der Waals surface area contributed by atoms with Crippen molar-refractivity contribution >= 4 is 21.9 Å². The zero-order valence-electron chi connectivity index (χ0n) is 12.3. The van der Waals surface area contributed by atoms with Crippen molar-refractivity contribution in [1.82, 2.24) is 4.90 Å². The molecule has 1 aromatic rings. The van der Waals surface area contributed by atoms with Crippen molar-refractivity contribution in [2.45, 2.75) is 26.8 Å². The summed E-state index contributed by atoms with van der Waals surface area (Å²) in [5.74, 6) is 0.634. The number of rotatable bonds is 8. The minimum atomic E-state index is -0.173. The van der Waals surface area contributed by atoms with Gasteiger partial charge < -0.3 is 9.47 Å². The zero-order chi connectivity index (χ0) is 15.0. The van der Waals surface area contributed by atoms with Gasteiger partial charge >= 0.3 is 5.97 Å². The van der Waals surface area contributed by atoms with E-state index >= 15 is 0 Å².